The lowest BCUT2D eigenvalue weighted by molar-refractivity contribution is -0.123. The molecule has 7 nitrogen and oxygen atoms in total. The molecule has 4 rings (SSSR count). The van der Waals surface area contributed by atoms with Gasteiger partial charge in [-0.15, -0.1) is 0 Å². The highest BCUT2D eigenvalue weighted by atomic mass is 16.6. The van der Waals surface area contributed by atoms with E-state index < -0.39 is 0 Å². The van der Waals surface area contributed by atoms with Crippen molar-refractivity contribution in [2.75, 3.05) is 32.8 Å². The van der Waals surface area contributed by atoms with E-state index in [1.807, 2.05) is 36.4 Å². The standard InChI is InChI=1S/C21H26N2O5/c24-21(22-11-18-15-27-19-7-1-2-8-20(19)28-18)14-23(12-16-5-3-9-25-16)13-17-6-4-10-26-17/h1-3,5,7-9,17-18H,4,6,10-15H2,(H,22,24). The number of carbonyl (C=O) groups is 1. The fourth-order valence-electron chi connectivity index (χ4n) is 3.53. The molecule has 0 spiro atoms. The molecule has 0 saturated carbocycles. The van der Waals surface area contributed by atoms with E-state index in [9.17, 15) is 4.79 Å². The van der Waals surface area contributed by atoms with Gasteiger partial charge in [0.15, 0.2) is 11.5 Å². The lowest BCUT2D eigenvalue weighted by Crippen LogP contribution is -2.45. The van der Waals surface area contributed by atoms with Gasteiger partial charge in [-0.2, -0.15) is 0 Å². The van der Waals surface area contributed by atoms with E-state index in [1.54, 1.807) is 6.26 Å². The van der Waals surface area contributed by atoms with Crippen molar-refractivity contribution in [2.24, 2.45) is 0 Å². The molecule has 0 bridgehead atoms. The second-order valence-electron chi connectivity index (χ2n) is 7.19. The molecule has 1 aromatic heterocycles. The van der Waals surface area contributed by atoms with Crippen molar-refractivity contribution >= 4 is 5.91 Å². The zero-order valence-corrected chi connectivity index (χ0v) is 15.8. The molecule has 7 heteroatoms. The fraction of sp³-hybridized carbons (Fsp3) is 0.476. The molecule has 150 valence electrons. The number of rotatable bonds is 8. The van der Waals surface area contributed by atoms with Crippen molar-refractivity contribution < 1.29 is 23.4 Å². The quantitative estimate of drug-likeness (QED) is 0.750. The van der Waals surface area contributed by atoms with E-state index >= 15 is 0 Å². The number of hydrogen-bond donors (Lipinski definition) is 1. The van der Waals surface area contributed by atoms with E-state index in [0.29, 0.717) is 32.0 Å². The normalized spacial score (nSPS) is 21.0. The van der Waals surface area contributed by atoms with Crippen molar-refractivity contribution in [2.45, 2.75) is 31.6 Å². The van der Waals surface area contributed by atoms with Crippen LogP contribution in [0.15, 0.2) is 47.1 Å². The zero-order valence-electron chi connectivity index (χ0n) is 15.8. The van der Waals surface area contributed by atoms with Crippen molar-refractivity contribution in [3.63, 3.8) is 0 Å². The molecule has 1 N–H and O–H groups in total. The highest BCUT2D eigenvalue weighted by Crippen LogP contribution is 2.30. The molecule has 0 aliphatic carbocycles. The van der Waals surface area contributed by atoms with E-state index in [0.717, 1.165) is 31.0 Å². The van der Waals surface area contributed by atoms with Gasteiger partial charge in [-0.3, -0.25) is 9.69 Å². The van der Waals surface area contributed by atoms with Gasteiger partial charge in [0, 0.05) is 13.2 Å². The van der Waals surface area contributed by atoms with E-state index in [4.69, 9.17) is 18.6 Å². The van der Waals surface area contributed by atoms with Crippen LogP contribution in [0.3, 0.4) is 0 Å². The molecule has 28 heavy (non-hydrogen) atoms. The average molecular weight is 386 g/mol. The Morgan fingerprint density at radius 1 is 1.14 bits per heavy atom. The number of nitrogens with zero attached hydrogens (tertiary/aromatic N) is 1. The van der Waals surface area contributed by atoms with Crippen LogP contribution in [0.5, 0.6) is 11.5 Å². The average Bonchev–Trinajstić information content (AvgIpc) is 3.40. The Morgan fingerprint density at radius 2 is 2.04 bits per heavy atom. The first kappa shape index (κ1) is 18.8. The third-order valence-electron chi connectivity index (χ3n) is 4.91. The monoisotopic (exact) mass is 386 g/mol. The molecule has 2 aromatic rings. The number of ether oxygens (including phenoxy) is 3. The van der Waals surface area contributed by atoms with E-state index in [1.165, 1.54) is 0 Å². The molecule has 2 unspecified atom stereocenters. The third-order valence-corrected chi connectivity index (χ3v) is 4.91. The van der Waals surface area contributed by atoms with Crippen LogP contribution in [0.1, 0.15) is 18.6 Å². The Bertz CT molecular complexity index is 758. The Hall–Kier alpha value is -2.51. The fourth-order valence-corrected chi connectivity index (χ4v) is 3.53. The molecule has 1 aromatic carbocycles. The largest absolute Gasteiger partial charge is 0.486 e. The lowest BCUT2D eigenvalue weighted by atomic mass is 10.2. The van der Waals surface area contributed by atoms with Crippen LogP contribution < -0.4 is 14.8 Å². The topological polar surface area (TPSA) is 73.2 Å². The molecule has 1 amide bonds. The third kappa shape index (κ3) is 5.05. The first-order valence-corrected chi connectivity index (χ1v) is 9.78. The van der Waals surface area contributed by atoms with Crippen LogP contribution in [0.4, 0.5) is 0 Å². The van der Waals surface area contributed by atoms with Crippen molar-refractivity contribution in [1.82, 2.24) is 10.2 Å². The number of amides is 1. The first-order chi connectivity index (χ1) is 13.8. The minimum absolute atomic E-state index is 0.0491. The Labute approximate surface area is 164 Å². The first-order valence-electron chi connectivity index (χ1n) is 9.78. The number of benzene rings is 1. The van der Waals surface area contributed by atoms with Gasteiger partial charge < -0.3 is 23.9 Å². The van der Waals surface area contributed by atoms with Crippen LogP contribution in [0, 0.1) is 0 Å². The second kappa shape index (κ2) is 9.12. The number of para-hydroxylation sites is 2. The predicted molar refractivity (Wildman–Crippen MR) is 102 cm³/mol. The molecule has 2 aliphatic rings. The summed E-state index contributed by atoms with van der Waals surface area (Å²) in [5, 5.41) is 2.96. The predicted octanol–water partition coefficient (Wildman–Crippen LogP) is 2.22. The summed E-state index contributed by atoms with van der Waals surface area (Å²) >= 11 is 0. The maximum atomic E-state index is 12.5. The summed E-state index contributed by atoms with van der Waals surface area (Å²) in [6.45, 7) is 3.20. The zero-order chi connectivity index (χ0) is 19.2. The molecular formula is C21H26N2O5. The molecule has 2 aliphatic heterocycles. The SMILES string of the molecule is O=C(CN(Cc1ccco1)CC1CCCO1)NCC1COc2ccccc2O1. The highest BCUT2D eigenvalue weighted by molar-refractivity contribution is 5.78. The summed E-state index contributed by atoms with van der Waals surface area (Å²) in [6, 6.07) is 11.3. The Kier molecular flexibility index (Phi) is 6.14. The van der Waals surface area contributed by atoms with Crippen molar-refractivity contribution in [1.29, 1.82) is 0 Å². The van der Waals surface area contributed by atoms with Crippen LogP contribution >= 0.6 is 0 Å². The van der Waals surface area contributed by atoms with Crippen LogP contribution in [0.25, 0.3) is 0 Å². The molecular weight excluding hydrogens is 360 g/mol. The van der Waals surface area contributed by atoms with Crippen molar-refractivity contribution in [3.8, 4) is 11.5 Å². The lowest BCUT2D eigenvalue weighted by Gasteiger charge is -2.27. The van der Waals surface area contributed by atoms with Crippen molar-refractivity contribution in [3.05, 3.63) is 48.4 Å². The summed E-state index contributed by atoms with van der Waals surface area (Å²) in [7, 11) is 0. The van der Waals surface area contributed by atoms with Gasteiger partial charge in [-0.1, -0.05) is 12.1 Å². The molecule has 0 radical (unpaired) electrons. The number of fused-ring (bicyclic) bond motifs is 1. The highest BCUT2D eigenvalue weighted by Gasteiger charge is 2.24. The van der Waals surface area contributed by atoms with E-state index in [-0.39, 0.29) is 24.7 Å². The van der Waals surface area contributed by atoms with Gasteiger partial charge in [-0.05, 0) is 37.1 Å². The number of hydrogen-bond acceptors (Lipinski definition) is 6. The summed E-state index contributed by atoms with van der Waals surface area (Å²) in [4.78, 5) is 14.6. The summed E-state index contributed by atoms with van der Waals surface area (Å²) in [5.41, 5.74) is 0. The molecule has 1 fully saturated rings. The Morgan fingerprint density at radius 3 is 2.82 bits per heavy atom. The molecule has 3 heterocycles. The van der Waals surface area contributed by atoms with E-state index in [2.05, 4.69) is 10.2 Å². The van der Waals surface area contributed by atoms with Gasteiger partial charge in [0.1, 0.15) is 18.5 Å². The Balaban J connectivity index is 1.27. The van der Waals surface area contributed by atoms with Gasteiger partial charge >= 0.3 is 0 Å². The number of furan rings is 1. The summed E-state index contributed by atoms with van der Waals surface area (Å²) in [5.74, 6) is 2.25. The molecule has 1 saturated heterocycles. The summed E-state index contributed by atoms with van der Waals surface area (Å²) < 4.78 is 22.8. The second-order valence-corrected chi connectivity index (χ2v) is 7.19. The summed E-state index contributed by atoms with van der Waals surface area (Å²) in [6.07, 6.45) is 3.73. The van der Waals surface area contributed by atoms with Crippen LogP contribution in [-0.2, 0) is 16.1 Å². The van der Waals surface area contributed by atoms with Gasteiger partial charge in [0.05, 0.1) is 32.0 Å². The number of carbonyl (C=O) groups excluding carboxylic acids is 1. The molecule has 2 atom stereocenters. The number of nitrogens with one attached hydrogen (secondary N) is 1. The van der Waals surface area contributed by atoms with Gasteiger partial charge in [-0.25, -0.2) is 0 Å². The van der Waals surface area contributed by atoms with Crippen LogP contribution in [-0.4, -0.2) is 55.9 Å². The maximum absolute atomic E-state index is 12.5. The van der Waals surface area contributed by atoms with Crippen LogP contribution in [0.2, 0.25) is 0 Å². The minimum atomic E-state index is -0.199. The minimum Gasteiger partial charge on any atom is -0.486 e. The van der Waals surface area contributed by atoms with Gasteiger partial charge in [0.25, 0.3) is 0 Å². The van der Waals surface area contributed by atoms with Gasteiger partial charge in [0.2, 0.25) is 5.91 Å². The smallest absolute Gasteiger partial charge is 0.234 e. The maximum Gasteiger partial charge on any atom is 0.234 e.